The fourth-order valence-corrected chi connectivity index (χ4v) is 3.44. The van der Waals surface area contributed by atoms with Crippen LogP contribution in [0, 0.1) is 5.82 Å². The topological polar surface area (TPSA) is 137 Å². The van der Waals surface area contributed by atoms with Crippen molar-refractivity contribution in [3.63, 3.8) is 0 Å². The van der Waals surface area contributed by atoms with E-state index in [-0.39, 0.29) is 18.6 Å². The van der Waals surface area contributed by atoms with Gasteiger partial charge < -0.3 is 21.3 Å². The zero-order chi connectivity index (χ0) is 22.2. The van der Waals surface area contributed by atoms with Crippen LogP contribution in [0.3, 0.4) is 0 Å². The molecular formula is C22H24FN5O3. The molecule has 4 rings (SSSR count). The predicted molar refractivity (Wildman–Crippen MR) is 115 cm³/mol. The molecule has 0 aliphatic heterocycles. The highest BCUT2D eigenvalue weighted by molar-refractivity contribution is 5.72. The molecule has 1 aliphatic carbocycles. The maximum atomic E-state index is 14.8. The molecule has 162 valence electrons. The van der Waals surface area contributed by atoms with Crippen molar-refractivity contribution >= 4 is 12.3 Å². The summed E-state index contributed by atoms with van der Waals surface area (Å²) in [7, 11) is 0. The first-order chi connectivity index (χ1) is 15.0. The largest absolute Gasteiger partial charge is 0.483 e. The van der Waals surface area contributed by atoms with Crippen molar-refractivity contribution in [3.8, 4) is 28.3 Å². The van der Waals surface area contributed by atoms with Crippen LogP contribution in [-0.2, 0) is 4.79 Å². The van der Waals surface area contributed by atoms with Crippen LogP contribution in [0.5, 0.6) is 5.88 Å². The summed E-state index contributed by atoms with van der Waals surface area (Å²) < 4.78 is 20.9. The standard InChI is InChI=1S/C21H22FN5O.CH2O2/c22-18-10-13(3-8-17(18)19-11-27-20(24)12-26-19)16-2-1-9-25-21(16)28-15-6-4-14(23)5-7-15;2-1-3/h1-3,8-12,14-15H,4-7,23H2,(H2,24,27);1H,(H,2,3)/t14-,15-;. The maximum Gasteiger partial charge on any atom is 0.290 e. The van der Waals surface area contributed by atoms with Gasteiger partial charge in [-0.1, -0.05) is 6.07 Å². The van der Waals surface area contributed by atoms with Crippen molar-refractivity contribution in [3.05, 3.63) is 54.7 Å². The van der Waals surface area contributed by atoms with Crippen LogP contribution in [0.15, 0.2) is 48.9 Å². The second-order valence-electron chi connectivity index (χ2n) is 7.14. The average molecular weight is 425 g/mol. The van der Waals surface area contributed by atoms with Gasteiger partial charge in [0.2, 0.25) is 5.88 Å². The number of ether oxygens (including phenoxy) is 1. The zero-order valence-electron chi connectivity index (χ0n) is 16.8. The van der Waals surface area contributed by atoms with Crippen LogP contribution in [0.25, 0.3) is 22.4 Å². The van der Waals surface area contributed by atoms with Crippen molar-refractivity contribution in [2.24, 2.45) is 5.73 Å². The molecule has 0 bridgehead atoms. The van der Waals surface area contributed by atoms with Gasteiger partial charge in [-0.25, -0.2) is 14.4 Å². The van der Waals surface area contributed by atoms with Gasteiger partial charge in [-0.3, -0.25) is 9.78 Å². The Labute approximate surface area is 179 Å². The number of aromatic nitrogens is 3. The normalized spacial score (nSPS) is 17.9. The lowest BCUT2D eigenvalue weighted by Gasteiger charge is -2.27. The first-order valence-electron chi connectivity index (χ1n) is 9.84. The molecule has 0 saturated heterocycles. The average Bonchev–Trinajstić information content (AvgIpc) is 2.77. The number of rotatable bonds is 4. The summed E-state index contributed by atoms with van der Waals surface area (Å²) >= 11 is 0. The van der Waals surface area contributed by atoms with Gasteiger partial charge >= 0.3 is 0 Å². The Hall–Kier alpha value is -3.59. The number of halogens is 1. The van der Waals surface area contributed by atoms with Crippen LogP contribution in [0.1, 0.15) is 25.7 Å². The molecule has 2 heterocycles. The van der Waals surface area contributed by atoms with Crippen molar-refractivity contribution in [2.75, 3.05) is 5.73 Å². The molecule has 1 aromatic carbocycles. The van der Waals surface area contributed by atoms with E-state index in [0.717, 1.165) is 31.2 Å². The first-order valence-corrected chi connectivity index (χ1v) is 9.84. The molecule has 2 aromatic heterocycles. The Kier molecular flexibility index (Phi) is 7.45. The predicted octanol–water partition coefficient (Wildman–Crippen LogP) is 3.28. The summed E-state index contributed by atoms with van der Waals surface area (Å²) in [5.41, 5.74) is 13.8. The van der Waals surface area contributed by atoms with Gasteiger partial charge in [0.15, 0.2) is 0 Å². The molecule has 8 nitrogen and oxygen atoms in total. The van der Waals surface area contributed by atoms with E-state index in [2.05, 4.69) is 15.0 Å². The van der Waals surface area contributed by atoms with Crippen LogP contribution in [0.4, 0.5) is 10.2 Å². The first kappa shape index (κ1) is 22.1. The molecule has 0 unspecified atom stereocenters. The number of nitrogen functional groups attached to an aromatic ring is 1. The molecule has 0 radical (unpaired) electrons. The third-order valence-electron chi connectivity index (χ3n) is 5.00. The van der Waals surface area contributed by atoms with E-state index in [1.807, 2.05) is 18.2 Å². The SMILES string of the molecule is Nc1cnc(-c2ccc(-c3cccnc3O[C@H]3CC[C@H](N)CC3)cc2F)cn1.O=CO. The zero-order valence-corrected chi connectivity index (χ0v) is 16.8. The second-order valence-corrected chi connectivity index (χ2v) is 7.14. The number of carboxylic acid groups (broad SMARTS) is 1. The van der Waals surface area contributed by atoms with E-state index < -0.39 is 5.82 Å². The van der Waals surface area contributed by atoms with Gasteiger partial charge in [-0.15, -0.1) is 0 Å². The maximum absolute atomic E-state index is 14.8. The molecule has 31 heavy (non-hydrogen) atoms. The van der Waals surface area contributed by atoms with Crippen molar-refractivity contribution in [1.29, 1.82) is 0 Å². The molecule has 0 amide bonds. The molecule has 0 spiro atoms. The van der Waals surface area contributed by atoms with Crippen molar-refractivity contribution < 1.29 is 19.0 Å². The Morgan fingerprint density at radius 3 is 2.45 bits per heavy atom. The summed E-state index contributed by atoms with van der Waals surface area (Å²) in [6.07, 6.45) is 8.33. The number of anilines is 1. The molecular weight excluding hydrogens is 401 g/mol. The Bertz CT molecular complexity index is 1010. The summed E-state index contributed by atoms with van der Waals surface area (Å²) in [6.45, 7) is -0.250. The smallest absolute Gasteiger partial charge is 0.290 e. The van der Waals surface area contributed by atoms with Gasteiger partial charge in [0, 0.05) is 23.4 Å². The molecule has 1 saturated carbocycles. The highest BCUT2D eigenvalue weighted by Gasteiger charge is 2.22. The van der Waals surface area contributed by atoms with Gasteiger partial charge in [0.05, 0.1) is 18.1 Å². The molecule has 3 aromatic rings. The lowest BCUT2D eigenvalue weighted by atomic mass is 9.93. The Morgan fingerprint density at radius 1 is 1.06 bits per heavy atom. The van der Waals surface area contributed by atoms with E-state index >= 15 is 0 Å². The number of nitrogens with zero attached hydrogens (tertiary/aromatic N) is 3. The number of nitrogens with two attached hydrogens (primary N) is 2. The minimum atomic E-state index is -0.394. The van der Waals surface area contributed by atoms with Gasteiger partial charge in [-0.2, -0.15) is 0 Å². The number of carbonyl (C=O) groups is 1. The Morgan fingerprint density at radius 2 is 1.81 bits per heavy atom. The van der Waals surface area contributed by atoms with E-state index in [1.54, 1.807) is 12.3 Å². The molecule has 0 atom stereocenters. The fourth-order valence-electron chi connectivity index (χ4n) is 3.44. The minimum absolute atomic E-state index is 0.0858. The number of pyridine rings is 1. The van der Waals surface area contributed by atoms with Gasteiger partial charge in [0.25, 0.3) is 6.47 Å². The highest BCUT2D eigenvalue weighted by Crippen LogP contribution is 2.33. The lowest BCUT2D eigenvalue weighted by Crippen LogP contribution is -2.31. The van der Waals surface area contributed by atoms with E-state index in [1.165, 1.54) is 18.5 Å². The van der Waals surface area contributed by atoms with E-state index in [0.29, 0.717) is 28.5 Å². The number of benzene rings is 1. The van der Waals surface area contributed by atoms with Gasteiger partial charge in [-0.05, 0) is 55.5 Å². The van der Waals surface area contributed by atoms with Gasteiger partial charge in [0.1, 0.15) is 17.7 Å². The molecule has 5 N–H and O–H groups in total. The van der Waals surface area contributed by atoms with Crippen LogP contribution in [-0.4, -0.2) is 38.7 Å². The van der Waals surface area contributed by atoms with Crippen LogP contribution in [0.2, 0.25) is 0 Å². The van der Waals surface area contributed by atoms with E-state index in [9.17, 15) is 4.39 Å². The van der Waals surface area contributed by atoms with Crippen LogP contribution >= 0.6 is 0 Å². The number of hydrogen-bond acceptors (Lipinski definition) is 7. The van der Waals surface area contributed by atoms with Crippen molar-refractivity contribution in [1.82, 2.24) is 15.0 Å². The minimum Gasteiger partial charge on any atom is -0.483 e. The van der Waals surface area contributed by atoms with Crippen LogP contribution < -0.4 is 16.2 Å². The summed E-state index contributed by atoms with van der Waals surface area (Å²) in [6, 6.07) is 8.93. The molecule has 1 fully saturated rings. The van der Waals surface area contributed by atoms with Crippen molar-refractivity contribution in [2.45, 2.75) is 37.8 Å². The van der Waals surface area contributed by atoms with E-state index in [4.69, 9.17) is 26.1 Å². The quantitative estimate of drug-likeness (QED) is 0.542. The Balaban J connectivity index is 0.000000858. The second kappa shape index (κ2) is 10.4. The monoisotopic (exact) mass is 425 g/mol. The summed E-state index contributed by atoms with van der Waals surface area (Å²) in [4.78, 5) is 20.8. The lowest BCUT2D eigenvalue weighted by molar-refractivity contribution is -0.122. The highest BCUT2D eigenvalue weighted by atomic mass is 19.1. The summed E-state index contributed by atoms with van der Waals surface area (Å²) in [5.74, 6) is 0.416. The third kappa shape index (κ3) is 5.73. The molecule has 1 aliphatic rings. The summed E-state index contributed by atoms with van der Waals surface area (Å²) in [5, 5.41) is 6.89. The fraction of sp³-hybridized carbons (Fsp3) is 0.273. The third-order valence-corrected chi connectivity index (χ3v) is 5.00. The molecule has 9 heteroatoms. The number of hydrogen-bond donors (Lipinski definition) is 3.